The Morgan fingerprint density at radius 2 is 1.97 bits per heavy atom. The highest BCUT2D eigenvalue weighted by molar-refractivity contribution is 5.86. The largest absolute Gasteiger partial charge is 0.477 e. The monoisotopic (exact) mass is 403 g/mol. The second-order valence-corrected chi connectivity index (χ2v) is 7.27. The molecule has 0 N–H and O–H groups in total. The number of fused-ring (bicyclic) bond motifs is 2. The zero-order valence-electron chi connectivity index (χ0n) is 16.1. The van der Waals surface area contributed by atoms with E-state index in [4.69, 9.17) is 9.15 Å². The Hall–Kier alpha value is -2.80. The van der Waals surface area contributed by atoms with Gasteiger partial charge in [0, 0.05) is 35.7 Å². The van der Waals surface area contributed by atoms with Crippen LogP contribution < -0.4 is 10.4 Å². The molecule has 3 aromatic rings. The molecule has 0 spiro atoms. The van der Waals surface area contributed by atoms with Crippen molar-refractivity contribution in [2.45, 2.75) is 39.5 Å². The fraction of sp³-hybridized carbons (Fsp3) is 0.318. The van der Waals surface area contributed by atoms with E-state index in [2.05, 4.69) is 0 Å². The number of rotatable bonds is 3. The molecule has 2 aromatic carbocycles. The van der Waals surface area contributed by atoms with Crippen LogP contribution in [-0.2, 0) is 25.7 Å². The standard InChI is InChI=1S/C22H20F3NO3/c1-3-15-9-19(27)29-21-13(2)20-16(8-18(15)21)11-26(12-28-20)10-14-5-4-6-17(7-14)22(23,24)25/h4-9H,3,10-12H2,1-2H3. The van der Waals surface area contributed by atoms with Crippen molar-refractivity contribution in [2.24, 2.45) is 0 Å². The van der Waals surface area contributed by atoms with Gasteiger partial charge in [-0.15, -0.1) is 0 Å². The number of aryl methyl sites for hydroxylation is 2. The molecule has 0 bridgehead atoms. The molecule has 1 aliphatic heterocycles. The molecule has 4 rings (SSSR count). The van der Waals surface area contributed by atoms with Gasteiger partial charge >= 0.3 is 11.8 Å². The van der Waals surface area contributed by atoms with Gasteiger partial charge in [0.25, 0.3) is 0 Å². The van der Waals surface area contributed by atoms with Gasteiger partial charge in [-0.1, -0.05) is 25.1 Å². The Bertz CT molecular complexity index is 1130. The summed E-state index contributed by atoms with van der Waals surface area (Å²) in [5, 5.41) is 0.868. The molecule has 4 nitrogen and oxygen atoms in total. The predicted molar refractivity (Wildman–Crippen MR) is 103 cm³/mol. The lowest BCUT2D eigenvalue weighted by Gasteiger charge is -2.30. The topological polar surface area (TPSA) is 42.7 Å². The molecular formula is C22H20F3NO3. The summed E-state index contributed by atoms with van der Waals surface area (Å²) >= 11 is 0. The molecule has 7 heteroatoms. The minimum atomic E-state index is -4.36. The van der Waals surface area contributed by atoms with Crippen molar-refractivity contribution in [1.29, 1.82) is 0 Å². The lowest BCUT2D eigenvalue weighted by atomic mass is 9.99. The number of halogens is 3. The number of benzene rings is 2. The SMILES string of the molecule is CCc1cc(=O)oc2c(C)c3c(cc12)CN(Cc1cccc(C(F)(F)F)c1)CO3. The Labute approximate surface area is 165 Å². The molecule has 1 aromatic heterocycles. The molecule has 0 fully saturated rings. The summed E-state index contributed by atoms with van der Waals surface area (Å²) in [6, 6.07) is 8.80. The maximum atomic E-state index is 13.0. The van der Waals surface area contributed by atoms with Crippen molar-refractivity contribution in [1.82, 2.24) is 4.90 Å². The van der Waals surface area contributed by atoms with Gasteiger partial charge in [-0.2, -0.15) is 13.2 Å². The fourth-order valence-corrected chi connectivity index (χ4v) is 3.83. The van der Waals surface area contributed by atoms with Crippen LogP contribution in [0.3, 0.4) is 0 Å². The third-order valence-corrected chi connectivity index (χ3v) is 5.20. The van der Waals surface area contributed by atoms with Crippen LogP contribution in [0.5, 0.6) is 5.75 Å². The van der Waals surface area contributed by atoms with Gasteiger partial charge < -0.3 is 9.15 Å². The molecule has 29 heavy (non-hydrogen) atoms. The molecule has 0 saturated carbocycles. The van der Waals surface area contributed by atoms with Crippen molar-refractivity contribution >= 4 is 11.0 Å². The second-order valence-electron chi connectivity index (χ2n) is 7.27. The van der Waals surface area contributed by atoms with Crippen molar-refractivity contribution in [3.8, 4) is 5.75 Å². The Balaban J connectivity index is 1.66. The van der Waals surface area contributed by atoms with E-state index in [0.717, 1.165) is 28.1 Å². The molecule has 2 heterocycles. The maximum Gasteiger partial charge on any atom is 0.416 e. The highest BCUT2D eigenvalue weighted by Gasteiger charge is 2.30. The average molecular weight is 403 g/mol. The van der Waals surface area contributed by atoms with Crippen LogP contribution >= 0.6 is 0 Å². The lowest BCUT2D eigenvalue weighted by Crippen LogP contribution is -2.32. The summed E-state index contributed by atoms with van der Waals surface area (Å²) < 4.78 is 50.2. The molecule has 0 radical (unpaired) electrons. The van der Waals surface area contributed by atoms with E-state index in [1.54, 1.807) is 6.07 Å². The van der Waals surface area contributed by atoms with Crippen LogP contribution in [0.2, 0.25) is 0 Å². The molecule has 152 valence electrons. The van der Waals surface area contributed by atoms with Gasteiger partial charge in [0.2, 0.25) is 0 Å². The normalized spacial score (nSPS) is 14.7. The number of hydrogen-bond acceptors (Lipinski definition) is 4. The van der Waals surface area contributed by atoms with Crippen molar-refractivity contribution in [3.05, 3.63) is 74.6 Å². The van der Waals surface area contributed by atoms with Crippen molar-refractivity contribution in [2.75, 3.05) is 6.73 Å². The first-order valence-electron chi connectivity index (χ1n) is 9.36. The van der Waals surface area contributed by atoms with Crippen LogP contribution in [0, 0.1) is 6.92 Å². The van der Waals surface area contributed by atoms with Crippen LogP contribution in [0.4, 0.5) is 13.2 Å². The molecule has 0 amide bonds. The number of ether oxygens (including phenoxy) is 1. The Morgan fingerprint density at radius 1 is 1.17 bits per heavy atom. The zero-order chi connectivity index (χ0) is 20.8. The number of nitrogens with zero attached hydrogens (tertiary/aromatic N) is 1. The van der Waals surface area contributed by atoms with Gasteiger partial charge in [0.1, 0.15) is 18.1 Å². The molecular weight excluding hydrogens is 383 g/mol. The molecule has 1 aliphatic rings. The van der Waals surface area contributed by atoms with Gasteiger partial charge in [-0.25, -0.2) is 4.79 Å². The highest BCUT2D eigenvalue weighted by atomic mass is 19.4. The van der Waals surface area contributed by atoms with Gasteiger partial charge in [0.05, 0.1) is 5.56 Å². The third-order valence-electron chi connectivity index (χ3n) is 5.20. The summed E-state index contributed by atoms with van der Waals surface area (Å²) in [4.78, 5) is 13.8. The van der Waals surface area contributed by atoms with E-state index in [0.29, 0.717) is 36.4 Å². The summed E-state index contributed by atoms with van der Waals surface area (Å²) in [6.07, 6.45) is -3.67. The van der Waals surface area contributed by atoms with Crippen molar-refractivity contribution < 1.29 is 22.3 Å². The molecule has 0 saturated heterocycles. The molecule has 0 unspecified atom stereocenters. The van der Waals surface area contributed by atoms with Crippen LogP contribution in [0.1, 0.15) is 34.7 Å². The van der Waals surface area contributed by atoms with E-state index in [9.17, 15) is 18.0 Å². The van der Waals surface area contributed by atoms with Crippen LogP contribution in [0.15, 0.2) is 45.6 Å². The van der Waals surface area contributed by atoms with E-state index < -0.39 is 11.7 Å². The van der Waals surface area contributed by atoms with Crippen LogP contribution in [0.25, 0.3) is 11.0 Å². The smallest absolute Gasteiger partial charge is 0.416 e. The molecule has 0 atom stereocenters. The van der Waals surface area contributed by atoms with Crippen LogP contribution in [-0.4, -0.2) is 11.6 Å². The Kier molecular flexibility index (Phi) is 4.86. The fourth-order valence-electron chi connectivity index (χ4n) is 3.83. The second kappa shape index (κ2) is 7.22. The predicted octanol–water partition coefficient (Wildman–Crippen LogP) is 5.03. The van der Waals surface area contributed by atoms with Gasteiger partial charge in [0.15, 0.2) is 0 Å². The zero-order valence-corrected chi connectivity index (χ0v) is 16.1. The summed E-state index contributed by atoms with van der Waals surface area (Å²) in [5.41, 5.74) is 2.65. The molecule has 0 aliphatic carbocycles. The van der Waals surface area contributed by atoms with E-state index >= 15 is 0 Å². The minimum absolute atomic E-state index is 0.243. The number of hydrogen-bond donors (Lipinski definition) is 0. The van der Waals surface area contributed by atoms with Gasteiger partial charge in [-0.3, -0.25) is 4.90 Å². The average Bonchev–Trinajstić information content (AvgIpc) is 2.68. The third kappa shape index (κ3) is 3.74. The lowest BCUT2D eigenvalue weighted by molar-refractivity contribution is -0.137. The summed E-state index contributed by atoms with van der Waals surface area (Å²) in [6.45, 7) is 4.94. The van der Waals surface area contributed by atoms with Gasteiger partial charge in [-0.05, 0) is 36.6 Å². The first-order valence-corrected chi connectivity index (χ1v) is 9.36. The quantitative estimate of drug-likeness (QED) is 0.575. The van der Waals surface area contributed by atoms with E-state index in [1.165, 1.54) is 18.2 Å². The summed E-state index contributed by atoms with van der Waals surface area (Å²) in [7, 11) is 0. The number of alkyl halides is 3. The summed E-state index contributed by atoms with van der Waals surface area (Å²) in [5.74, 6) is 0.675. The van der Waals surface area contributed by atoms with E-state index in [-0.39, 0.29) is 12.4 Å². The first-order chi connectivity index (χ1) is 13.8. The van der Waals surface area contributed by atoms with Crippen molar-refractivity contribution in [3.63, 3.8) is 0 Å². The Morgan fingerprint density at radius 3 is 2.69 bits per heavy atom. The highest BCUT2D eigenvalue weighted by Crippen LogP contribution is 2.36. The van der Waals surface area contributed by atoms with E-state index in [1.807, 2.05) is 24.8 Å². The maximum absolute atomic E-state index is 13.0. The first kappa shape index (κ1) is 19.5. The minimum Gasteiger partial charge on any atom is -0.477 e.